The Morgan fingerprint density at radius 2 is 1.89 bits per heavy atom. The molecule has 0 saturated carbocycles. The predicted octanol–water partition coefficient (Wildman–Crippen LogP) is 5.56. The number of hydrogen-bond donors (Lipinski definition) is 1. The zero-order valence-electron chi connectivity index (χ0n) is 18.6. The van der Waals surface area contributed by atoms with E-state index >= 15 is 0 Å². The van der Waals surface area contributed by atoms with Crippen molar-refractivity contribution >= 4 is 29.2 Å². The molecule has 0 saturated heterocycles. The quantitative estimate of drug-likeness (QED) is 0.426. The van der Waals surface area contributed by atoms with Crippen LogP contribution < -0.4 is 9.64 Å². The van der Waals surface area contributed by atoms with Crippen LogP contribution in [0.5, 0.6) is 5.75 Å². The number of rotatable bonds is 6. The molecule has 186 valence electrons. The van der Waals surface area contributed by atoms with Gasteiger partial charge in [-0.05, 0) is 43.3 Å². The Kier molecular flexibility index (Phi) is 7.50. The molecular weight excluding hydrogens is 506 g/mol. The maximum absolute atomic E-state index is 14.7. The normalized spacial score (nSPS) is 11.9. The van der Waals surface area contributed by atoms with Crippen molar-refractivity contribution in [3.05, 3.63) is 76.3 Å². The highest BCUT2D eigenvalue weighted by Crippen LogP contribution is 2.36. The van der Waals surface area contributed by atoms with Crippen LogP contribution in [0, 0.1) is 17.1 Å². The van der Waals surface area contributed by atoms with Gasteiger partial charge in [0.05, 0.1) is 11.6 Å². The van der Waals surface area contributed by atoms with Gasteiger partial charge in [-0.2, -0.15) is 18.4 Å². The lowest BCUT2D eigenvalue weighted by molar-refractivity contribution is -0.144. The Balaban J connectivity index is 2.05. The molecule has 0 fully saturated rings. The van der Waals surface area contributed by atoms with Gasteiger partial charge in [0.15, 0.2) is 11.9 Å². The van der Waals surface area contributed by atoms with E-state index in [0.29, 0.717) is 6.07 Å². The van der Waals surface area contributed by atoms with Gasteiger partial charge < -0.3 is 14.7 Å². The van der Waals surface area contributed by atoms with Crippen LogP contribution in [-0.2, 0) is 11.0 Å². The minimum atomic E-state index is -4.77. The van der Waals surface area contributed by atoms with Crippen LogP contribution in [0.4, 0.5) is 23.2 Å². The van der Waals surface area contributed by atoms with Gasteiger partial charge in [-0.25, -0.2) is 9.18 Å². The number of nitriles is 1. The largest absolute Gasteiger partial charge is 0.479 e. The average Bonchev–Trinajstić information content (AvgIpc) is 2.82. The summed E-state index contributed by atoms with van der Waals surface area (Å²) in [5.41, 5.74) is -2.02. The lowest BCUT2D eigenvalue weighted by Crippen LogP contribution is -2.29. The number of carbonyl (C=O) groups excluding carboxylic acids is 1. The number of aliphatic carboxylic acids is 1. The SMILES string of the molecule is CC(Oc1cccc(F)c1N(C)C(=O)c1ccc(Cl)c(-c2cnc(C(F)(F)F)cc2C#N)c1)C(=O)O. The average molecular weight is 522 g/mol. The van der Waals surface area contributed by atoms with E-state index in [4.69, 9.17) is 21.4 Å². The molecule has 1 heterocycles. The van der Waals surface area contributed by atoms with Crippen molar-refractivity contribution in [2.24, 2.45) is 0 Å². The number of carbonyl (C=O) groups is 2. The molecule has 1 aromatic heterocycles. The first-order chi connectivity index (χ1) is 16.8. The summed E-state index contributed by atoms with van der Waals surface area (Å²) in [6, 6.07) is 9.69. The van der Waals surface area contributed by atoms with Gasteiger partial charge in [0.25, 0.3) is 5.91 Å². The maximum atomic E-state index is 14.7. The summed E-state index contributed by atoms with van der Waals surface area (Å²) < 4.78 is 59.0. The number of para-hydroxylation sites is 1. The minimum absolute atomic E-state index is 0.0254. The molecule has 1 amide bonds. The Morgan fingerprint density at radius 3 is 2.50 bits per heavy atom. The van der Waals surface area contributed by atoms with E-state index in [1.165, 1.54) is 44.3 Å². The number of benzene rings is 2. The van der Waals surface area contributed by atoms with Crippen molar-refractivity contribution in [3.63, 3.8) is 0 Å². The van der Waals surface area contributed by atoms with Gasteiger partial charge in [-0.1, -0.05) is 17.7 Å². The third kappa shape index (κ3) is 5.39. The van der Waals surface area contributed by atoms with Crippen LogP contribution in [-0.4, -0.2) is 35.1 Å². The second kappa shape index (κ2) is 10.2. The van der Waals surface area contributed by atoms with Crippen molar-refractivity contribution in [3.8, 4) is 22.9 Å². The highest BCUT2D eigenvalue weighted by Gasteiger charge is 2.33. The molecule has 12 heteroatoms. The molecule has 0 aliphatic rings. The van der Waals surface area contributed by atoms with E-state index in [1.54, 1.807) is 6.07 Å². The fourth-order valence-corrected chi connectivity index (χ4v) is 3.45. The van der Waals surface area contributed by atoms with E-state index in [1.807, 2.05) is 0 Å². The van der Waals surface area contributed by atoms with Crippen LogP contribution in [0.25, 0.3) is 11.1 Å². The molecule has 1 atom stereocenters. The lowest BCUT2D eigenvalue weighted by Gasteiger charge is -2.23. The fourth-order valence-electron chi connectivity index (χ4n) is 3.23. The van der Waals surface area contributed by atoms with E-state index in [-0.39, 0.29) is 38.7 Å². The van der Waals surface area contributed by atoms with Crippen molar-refractivity contribution in [2.45, 2.75) is 19.2 Å². The molecule has 0 radical (unpaired) electrons. The van der Waals surface area contributed by atoms with Crippen molar-refractivity contribution < 1.29 is 37.0 Å². The number of pyridine rings is 1. The molecule has 1 N–H and O–H groups in total. The van der Waals surface area contributed by atoms with Crippen LogP contribution >= 0.6 is 11.6 Å². The monoisotopic (exact) mass is 521 g/mol. The third-order valence-electron chi connectivity index (χ3n) is 5.06. The third-order valence-corrected chi connectivity index (χ3v) is 5.39. The van der Waals surface area contributed by atoms with E-state index < -0.39 is 35.7 Å². The summed E-state index contributed by atoms with van der Waals surface area (Å²) in [5.74, 6) is -3.15. The second-order valence-corrected chi connectivity index (χ2v) is 7.88. The lowest BCUT2D eigenvalue weighted by atomic mass is 9.99. The Hall–Kier alpha value is -4.17. The van der Waals surface area contributed by atoms with Crippen LogP contribution in [0.2, 0.25) is 5.02 Å². The fraction of sp³-hybridized carbons (Fsp3) is 0.167. The number of carboxylic acid groups (broad SMARTS) is 1. The molecular formula is C24H16ClF4N3O4. The number of nitrogens with zero attached hydrogens (tertiary/aromatic N) is 3. The number of halogens is 5. The predicted molar refractivity (Wildman–Crippen MR) is 121 cm³/mol. The molecule has 3 rings (SSSR count). The summed E-state index contributed by atoms with van der Waals surface area (Å²) in [6.07, 6.45) is -5.28. The van der Waals surface area contributed by atoms with Crippen molar-refractivity contribution in [1.29, 1.82) is 5.26 Å². The summed E-state index contributed by atoms with van der Waals surface area (Å²) in [7, 11) is 1.23. The van der Waals surface area contributed by atoms with Crippen LogP contribution in [0.15, 0.2) is 48.7 Å². The molecule has 3 aromatic rings. The van der Waals surface area contributed by atoms with Gasteiger partial charge in [0, 0.05) is 35.0 Å². The topological polar surface area (TPSA) is 104 Å². The molecule has 0 spiro atoms. The number of alkyl halides is 3. The van der Waals surface area contributed by atoms with E-state index in [0.717, 1.165) is 17.2 Å². The Morgan fingerprint density at radius 1 is 1.19 bits per heavy atom. The van der Waals surface area contributed by atoms with Crippen LogP contribution in [0.1, 0.15) is 28.5 Å². The molecule has 7 nitrogen and oxygen atoms in total. The Labute approximate surface area is 207 Å². The highest BCUT2D eigenvalue weighted by molar-refractivity contribution is 6.33. The van der Waals surface area contributed by atoms with Crippen molar-refractivity contribution in [1.82, 2.24) is 4.98 Å². The van der Waals surface area contributed by atoms with E-state index in [2.05, 4.69) is 4.98 Å². The molecule has 2 aromatic carbocycles. The zero-order chi connectivity index (χ0) is 26.8. The number of ether oxygens (including phenoxy) is 1. The number of carboxylic acids is 1. The minimum Gasteiger partial charge on any atom is -0.479 e. The van der Waals surface area contributed by atoms with Gasteiger partial charge in [-0.3, -0.25) is 9.78 Å². The number of anilines is 1. The zero-order valence-corrected chi connectivity index (χ0v) is 19.4. The Bertz CT molecular complexity index is 1390. The van der Waals surface area contributed by atoms with Gasteiger partial charge in [0.2, 0.25) is 0 Å². The van der Waals surface area contributed by atoms with Crippen molar-refractivity contribution in [2.75, 3.05) is 11.9 Å². The number of hydrogen-bond acceptors (Lipinski definition) is 5. The molecule has 1 unspecified atom stereocenters. The summed E-state index contributed by atoms with van der Waals surface area (Å²) >= 11 is 6.21. The molecule has 0 bridgehead atoms. The summed E-state index contributed by atoms with van der Waals surface area (Å²) in [6.45, 7) is 1.23. The summed E-state index contributed by atoms with van der Waals surface area (Å²) in [4.78, 5) is 28.6. The first kappa shape index (κ1) is 26.4. The summed E-state index contributed by atoms with van der Waals surface area (Å²) in [5, 5.41) is 18.5. The van der Waals surface area contributed by atoms with Crippen LogP contribution in [0.3, 0.4) is 0 Å². The smallest absolute Gasteiger partial charge is 0.433 e. The van der Waals surface area contributed by atoms with Gasteiger partial charge in [0.1, 0.15) is 17.1 Å². The second-order valence-electron chi connectivity index (χ2n) is 7.47. The van der Waals surface area contributed by atoms with Gasteiger partial charge >= 0.3 is 12.1 Å². The molecule has 0 aliphatic carbocycles. The standard InChI is InChI=1S/C24H16ClF4N3O4/c1-12(23(34)35)36-19-5-3-4-18(26)21(19)32(2)22(33)13-6-7-17(25)15(8-13)16-11-31-20(24(27,28)29)9-14(16)10-30/h3-9,11-12H,1-2H3,(H,34,35). The number of amides is 1. The van der Waals surface area contributed by atoms with Gasteiger partial charge in [-0.15, -0.1) is 0 Å². The molecule has 0 aliphatic heterocycles. The maximum Gasteiger partial charge on any atom is 0.433 e. The highest BCUT2D eigenvalue weighted by atomic mass is 35.5. The first-order valence-electron chi connectivity index (χ1n) is 10.1. The molecule has 36 heavy (non-hydrogen) atoms. The van der Waals surface area contributed by atoms with E-state index in [9.17, 15) is 32.4 Å². The number of aromatic nitrogens is 1. The first-order valence-corrected chi connectivity index (χ1v) is 10.5.